The number of nitrogens with zero attached hydrogens (tertiary/aromatic N) is 2. The maximum Gasteiger partial charge on any atom is 0.145 e. The summed E-state index contributed by atoms with van der Waals surface area (Å²) in [6.07, 6.45) is 0. The molecule has 0 atom stereocenters. The maximum atomic E-state index is 6.81. The quantitative estimate of drug-likeness (QED) is 0.182. The summed E-state index contributed by atoms with van der Waals surface area (Å²) in [6.45, 7) is 0. The number of hydrogen-bond donors (Lipinski definition) is 0. The fourth-order valence-corrected chi connectivity index (χ4v) is 9.71. The van der Waals surface area contributed by atoms with Gasteiger partial charge in [0.1, 0.15) is 11.2 Å². The Morgan fingerprint density at radius 3 is 1.81 bits per heavy atom. The molecule has 4 aromatic heterocycles. The predicted octanol–water partition coefficient (Wildman–Crippen LogP) is 13.8. The third kappa shape index (κ3) is 3.84. The van der Waals surface area contributed by atoms with Crippen LogP contribution in [-0.2, 0) is 0 Å². The van der Waals surface area contributed by atoms with Crippen molar-refractivity contribution in [1.82, 2.24) is 9.13 Å². The van der Waals surface area contributed by atoms with E-state index in [1.165, 1.54) is 58.5 Å². The van der Waals surface area contributed by atoms with Crippen molar-refractivity contribution in [3.63, 3.8) is 0 Å². The van der Waals surface area contributed by atoms with Crippen LogP contribution in [0.25, 0.3) is 108 Å². The zero-order valence-corrected chi connectivity index (χ0v) is 28.7. The summed E-state index contributed by atoms with van der Waals surface area (Å²) in [7, 11) is 0. The molecule has 4 heteroatoms. The highest BCUT2D eigenvalue weighted by Gasteiger charge is 2.20. The largest absolute Gasteiger partial charge is 0.455 e. The zero-order chi connectivity index (χ0) is 33.9. The van der Waals surface area contributed by atoms with Crippen LogP contribution in [0.2, 0.25) is 0 Å². The van der Waals surface area contributed by atoms with Crippen LogP contribution in [0.15, 0.2) is 174 Å². The van der Waals surface area contributed by atoms with Gasteiger partial charge in [-0.1, -0.05) is 91.0 Å². The van der Waals surface area contributed by atoms with Crippen molar-refractivity contribution in [1.29, 1.82) is 0 Å². The molecule has 0 saturated carbocycles. The highest BCUT2D eigenvalue weighted by Crippen LogP contribution is 2.43. The van der Waals surface area contributed by atoms with E-state index in [4.69, 9.17) is 4.42 Å². The molecule has 242 valence electrons. The lowest BCUT2D eigenvalue weighted by atomic mass is 10.0. The maximum absolute atomic E-state index is 6.81. The summed E-state index contributed by atoms with van der Waals surface area (Å²) in [5.74, 6) is 0. The van der Waals surface area contributed by atoms with Gasteiger partial charge < -0.3 is 13.6 Å². The van der Waals surface area contributed by atoms with Gasteiger partial charge in [-0.15, -0.1) is 11.3 Å². The first kappa shape index (κ1) is 28.1. The van der Waals surface area contributed by atoms with Gasteiger partial charge in [-0.3, -0.25) is 0 Å². The molecule has 0 amide bonds. The lowest BCUT2D eigenvalue weighted by Gasteiger charge is -2.10. The molecular weight excluding hydrogens is 653 g/mol. The summed E-state index contributed by atoms with van der Waals surface area (Å²) in [4.78, 5) is 0. The van der Waals surface area contributed by atoms with Crippen molar-refractivity contribution in [3.05, 3.63) is 170 Å². The molecule has 12 aromatic rings. The summed E-state index contributed by atoms with van der Waals surface area (Å²) < 4.78 is 14.2. The molecule has 8 aromatic carbocycles. The molecule has 0 spiro atoms. The Bertz CT molecular complexity index is 3370. The molecule has 3 nitrogen and oxygen atoms in total. The first-order chi connectivity index (χ1) is 25.8. The number of rotatable bonds is 3. The fraction of sp³-hybridized carbons (Fsp3) is 0. The first-order valence-corrected chi connectivity index (χ1v) is 18.5. The van der Waals surface area contributed by atoms with Crippen LogP contribution >= 0.6 is 11.3 Å². The van der Waals surface area contributed by atoms with Gasteiger partial charge in [0.05, 0.1) is 27.5 Å². The highest BCUT2D eigenvalue weighted by molar-refractivity contribution is 7.25. The number of fused-ring (bicyclic) bond motifs is 13. The van der Waals surface area contributed by atoms with Crippen LogP contribution in [0.1, 0.15) is 0 Å². The third-order valence-electron chi connectivity index (χ3n) is 10.9. The lowest BCUT2D eigenvalue weighted by Crippen LogP contribution is -1.94. The van der Waals surface area contributed by atoms with Crippen LogP contribution < -0.4 is 0 Å². The number of furan rings is 1. The summed E-state index contributed by atoms with van der Waals surface area (Å²) >= 11 is 1.86. The third-order valence-corrected chi connectivity index (χ3v) is 12.1. The number of aromatic nitrogens is 2. The number of benzene rings is 8. The summed E-state index contributed by atoms with van der Waals surface area (Å²) in [5, 5.41) is 9.71. The van der Waals surface area contributed by atoms with Gasteiger partial charge in [0.15, 0.2) is 0 Å². The topological polar surface area (TPSA) is 23.0 Å². The van der Waals surface area contributed by atoms with Crippen molar-refractivity contribution in [2.75, 3.05) is 0 Å². The second-order valence-electron chi connectivity index (χ2n) is 13.7. The Kier molecular flexibility index (Phi) is 5.65. The molecule has 12 rings (SSSR count). The molecule has 0 saturated heterocycles. The van der Waals surface area contributed by atoms with Crippen molar-refractivity contribution in [3.8, 4) is 22.5 Å². The zero-order valence-electron chi connectivity index (χ0n) is 27.9. The number of thiophene rings is 1. The average Bonchev–Trinajstić information content (AvgIpc) is 3.95. The molecule has 0 aliphatic rings. The van der Waals surface area contributed by atoms with E-state index in [1.54, 1.807) is 0 Å². The van der Waals surface area contributed by atoms with Crippen LogP contribution in [0.5, 0.6) is 0 Å². The summed E-state index contributed by atoms with van der Waals surface area (Å²) in [6, 6.07) is 61.7. The Balaban J connectivity index is 1.06. The Hall–Kier alpha value is -6.62. The molecule has 0 aliphatic heterocycles. The van der Waals surface area contributed by atoms with E-state index in [0.717, 1.165) is 49.7 Å². The molecule has 52 heavy (non-hydrogen) atoms. The minimum absolute atomic E-state index is 0.891. The van der Waals surface area contributed by atoms with Gasteiger partial charge >= 0.3 is 0 Å². The van der Waals surface area contributed by atoms with E-state index < -0.39 is 0 Å². The molecule has 0 aliphatic carbocycles. The number of para-hydroxylation sites is 3. The van der Waals surface area contributed by atoms with E-state index in [2.05, 4.69) is 179 Å². The van der Waals surface area contributed by atoms with Crippen molar-refractivity contribution in [2.24, 2.45) is 0 Å². The molecule has 0 unspecified atom stereocenters. The normalized spacial score (nSPS) is 12.2. The van der Waals surface area contributed by atoms with E-state index in [1.807, 2.05) is 11.3 Å². The second kappa shape index (κ2) is 10.5. The molecule has 0 fully saturated rings. The van der Waals surface area contributed by atoms with Crippen molar-refractivity contribution in [2.45, 2.75) is 0 Å². The monoisotopic (exact) mass is 680 g/mol. The molecular formula is C48H28N2OS. The molecule has 0 N–H and O–H groups in total. The van der Waals surface area contributed by atoms with Crippen LogP contribution in [0.4, 0.5) is 0 Å². The lowest BCUT2D eigenvalue weighted by molar-refractivity contribution is 0.673. The predicted molar refractivity (Wildman–Crippen MR) is 221 cm³/mol. The fourth-order valence-electron chi connectivity index (χ4n) is 8.62. The Morgan fingerprint density at radius 1 is 0.365 bits per heavy atom. The van der Waals surface area contributed by atoms with Crippen LogP contribution in [0, 0.1) is 0 Å². The van der Waals surface area contributed by atoms with Gasteiger partial charge in [0.2, 0.25) is 0 Å². The highest BCUT2D eigenvalue weighted by atomic mass is 32.1. The van der Waals surface area contributed by atoms with E-state index >= 15 is 0 Å². The van der Waals surface area contributed by atoms with E-state index in [0.29, 0.717) is 0 Å². The Labute approximate surface area is 301 Å². The summed E-state index contributed by atoms with van der Waals surface area (Å²) in [5.41, 5.74) is 11.2. The van der Waals surface area contributed by atoms with Gasteiger partial charge in [-0.25, -0.2) is 0 Å². The minimum Gasteiger partial charge on any atom is -0.455 e. The van der Waals surface area contributed by atoms with Gasteiger partial charge in [-0.2, -0.15) is 0 Å². The van der Waals surface area contributed by atoms with Crippen LogP contribution in [-0.4, -0.2) is 9.13 Å². The smallest absolute Gasteiger partial charge is 0.145 e. The minimum atomic E-state index is 0.891. The van der Waals surface area contributed by atoms with E-state index in [-0.39, 0.29) is 0 Å². The van der Waals surface area contributed by atoms with Gasteiger partial charge in [0.25, 0.3) is 0 Å². The Morgan fingerprint density at radius 2 is 1.00 bits per heavy atom. The standard InChI is InChI=1S/C48H28N2OS/c1-5-16-40-33(12-1)34-13-2-6-17-41(34)49(40)32-21-24-44-38(28-32)36-22-23-43-47(48(36)51-44)37-15-3-7-18-42(37)50(43)31-11-9-10-29(26-31)30-20-25-46-39(27-30)35-14-4-8-19-45(35)52-46/h1-28H. The second-order valence-corrected chi connectivity index (χ2v) is 14.8. The number of hydrogen-bond acceptors (Lipinski definition) is 2. The van der Waals surface area contributed by atoms with E-state index in [9.17, 15) is 0 Å². The molecule has 0 radical (unpaired) electrons. The van der Waals surface area contributed by atoms with Crippen LogP contribution in [0.3, 0.4) is 0 Å². The average molecular weight is 681 g/mol. The van der Waals surface area contributed by atoms with Gasteiger partial charge in [0, 0.05) is 58.5 Å². The first-order valence-electron chi connectivity index (χ1n) is 17.7. The molecule has 0 bridgehead atoms. The van der Waals surface area contributed by atoms with Crippen molar-refractivity contribution >= 4 is 97.1 Å². The SMILES string of the molecule is c1cc(-c2ccc3sc4ccccc4c3c2)cc(-n2c3ccccc3c3c4oc5ccc(-n6c7ccccc7c7ccccc76)cc5c4ccc32)c1. The van der Waals surface area contributed by atoms with Crippen molar-refractivity contribution < 1.29 is 4.42 Å². The van der Waals surface area contributed by atoms with Gasteiger partial charge in [-0.05, 0) is 90.0 Å². The molecule has 4 heterocycles.